The molecule has 2 heterocycles. The Hall–Kier alpha value is -0.940. The second-order valence-corrected chi connectivity index (χ2v) is 4.98. The van der Waals surface area contributed by atoms with Gasteiger partial charge in [0.2, 0.25) is 5.95 Å². The zero-order valence-electron chi connectivity index (χ0n) is 9.12. The van der Waals surface area contributed by atoms with Crippen molar-refractivity contribution in [3.8, 4) is 11.3 Å². The number of hydrogen-bond acceptors (Lipinski definition) is 4. The third kappa shape index (κ3) is 2.41. The van der Waals surface area contributed by atoms with Crippen LogP contribution in [0.15, 0.2) is 21.3 Å². The molecule has 0 aliphatic rings. The van der Waals surface area contributed by atoms with Gasteiger partial charge in [-0.1, -0.05) is 0 Å². The highest BCUT2D eigenvalue weighted by Gasteiger charge is 2.08. The van der Waals surface area contributed by atoms with Crippen molar-refractivity contribution in [1.82, 2.24) is 9.97 Å². The van der Waals surface area contributed by atoms with Gasteiger partial charge in [0.1, 0.15) is 0 Å². The SMILES string of the molecule is CCNc1nc(C)cc(-c2cscc2Br)n1. The van der Waals surface area contributed by atoms with E-state index in [9.17, 15) is 0 Å². The van der Waals surface area contributed by atoms with Crippen LogP contribution in [0.25, 0.3) is 11.3 Å². The van der Waals surface area contributed by atoms with E-state index in [0.717, 1.165) is 28.0 Å². The van der Waals surface area contributed by atoms with E-state index in [2.05, 4.69) is 42.0 Å². The maximum absolute atomic E-state index is 4.48. The molecule has 16 heavy (non-hydrogen) atoms. The molecule has 2 aromatic heterocycles. The van der Waals surface area contributed by atoms with Crippen molar-refractivity contribution in [2.45, 2.75) is 13.8 Å². The second kappa shape index (κ2) is 4.93. The number of halogens is 1. The number of rotatable bonds is 3. The average molecular weight is 298 g/mol. The van der Waals surface area contributed by atoms with Gasteiger partial charge in [-0.15, -0.1) is 0 Å². The van der Waals surface area contributed by atoms with E-state index in [0.29, 0.717) is 5.95 Å². The van der Waals surface area contributed by atoms with Gasteiger partial charge in [-0.05, 0) is 35.8 Å². The zero-order chi connectivity index (χ0) is 11.5. The van der Waals surface area contributed by atoms with Crippen molar-refractivity contribution < 1.29 is 0 Å². The highest BCUT2D eigenvalue weighted by Crippen LogP contribution is 2.30. The van der Waals surface area contributed by atoms with Gasteiger partial charge >= 0.3 is 0 Å². The molecule has 2 rings (SSSR count). The Labute approximate surface area is 107 Å². The second-order valence-electron chi connectivity index (χ2n) is 3.38. The molecular formula is C11H12BrN3S. The average Bonchev–Trinajstić information content (AvgIpc) is 2.64. The lowest BCUT2D eigenvalue weighted by molar-refractivity contribution is 1.06. The van der Waals surface area contributed by atoms with Gasteiger partial charge in [-0.2, -0.15) is 11.3 Å². The molecule has 0 aliphatic carbocycles. The first-order valence-corrected chi connectivity index (χ1v) is 6.76. The number of aromatic nitrogens is 2. The quantitative estimate of drug-likeness (QED) is 0.938. The van der Waals surface area contributed by atoms with E-state index in [-0.39, 0.29) is 0 Å². The van der Waals surface area contributed by atoms with E-state index in [1.807, 2.05) is 19.9 Å². The highest BCUT2D eigenvalue weighted by atomic mass is 79.9. The van der Waals surface area contributed by atoms with Crippen LogP contribution in [-0.4, -0.2) is 16.5 Å². The molecule has 0 aliphatic heterocycles. The van der Waals surface area contributed by atoms with Crippen molar-refractivity contribution >= 4 is 33.2 Å². The van der Waals surface area contributed by atoms with Crippen molar-refractivity contribution in [2.24, 2.45) is 0 Å². The zero-order valence-corrected chi connectivity index (χ0v) is 11.5. The van der Waals surface area contributed by atoms with Gasteiger partial charge in [-0.3, -0.25) is 0 Å². The molecule has 0 fully saturated rings. The smallest absolute Gasteiger partial charge is 0.223 e. The molecular weight excluding hydrogens is 286 g/mol. The minimum atomic E-state index is 0.690. The molecule has 5 heteroatoms. The number of aryl methyl sites for hydroxylation is 1. The predicted molar refractivity (Wildman–Crippen MR) is 71.9 cm³/mol. The molecule has 84 valence electrons. The fraction of sp³-hybridized carbons (Fsp3) is 0.273. The molecule has 0 radical (unpaired) electrons. The number of thiophene rings is 1. The fourth-order valence-corrected chi connectivity index (χ4v) is 2.90. The summed E-state index contributed by atoms with van der Waals surface area (Å²) in [6, 6.07) is 1.99. The van der Waals surface area contributed by atoms with E-state index in [1.54, 1.807) is 11.3 Å². The van der Waals surface area contributed by atoms with Gasteiger partial charge in [0, 0.05) is 33.0 Å². The van der Waals surface area contributed by atoms with Crippen LogP contribution in [0.1, 0.15) is 12.6 Å². The van der Waals surface area contributed by atoms with Crippen LogP contribution in [0, 0.1) is 6.92 Å². The van der Waals surface area contributed by atoms with Crippen LogP contribution in [0.5, 0.6) is 0 Å². The first kappa shape index (κ1) is 11.5. The Morgan fingerprint density at radius 3 is 2.81 bits per heavy atom. The van der Waals surface area contributed by atoms with Crippen LogP contribution in [-0.2, 0) is 0 Å². The first-order chi connectivity index (χ1) is 7.70. The molecule has 0 aromatic carbocycles. The van der Waals surface area contributed by atoms with Crippen LogP contribution in [0.3, 0.4) is 0 Å². The maximum Gasteiger partial charge on any atom is 0.223 e. The van der Waals surface area contributed by atoms with Crippen molar-refractivity contribution in [3.63, 3.8) is 0 Å². The fourth-order valence-electron chi connectivity index (χ4n) is 1.41. The van der Waals surface area contributed by atoms with Crippen molar-refractivity contribution in [3.05, 3.63) is 27.0 Å². The molecule has 0 saturated carbocycles. The molecule has 3 nitrogen and oxygen atoms in total. The summed E-state index contributed by atoms with van der Waals surface area (Å²) in [5.74, 6) is 0.690. The summed E-state index contributed by atoms with van der Waals surface area (Å²) in [6.45, 7) is 4.84. The summed E-state index contributed by atoms with van der Waals surface area (Å²) in [7, 11) is 0. The predicted octanol–water partition coefficient (Wildman–Crippen LogP) is 3.71. The minimum Gasteiger partial charge on any atom is -0.354 e. The lowest BCUT2D eigenvalue weighted by Crippen LogP contribution is -2.03. The number of nitrogens with zero attached hydrogens (tertiary/aromatic N) is 2. The van der Waals surface area contributed by atoms with Crippen molar-refractivity contribution in [2.75, 3.05) is 11.9 Å². The van der Waals surface area contributed by atoms with E-state index < -0.39 is 0 Å². The summed E-state index contributed by atoms with van der Waals surface area (Å²) in [5, 5.41) is 7.28. The third-order valence-electron chi connectivity index (χ3n) is 2.08. The number of nitrogens with one attached hydrogen (secondary N) is 1. The summed E-state index contributed by atoms with van der Waals surface area (Å²) in [4.78, 5) is 8.81. The molecule has 2 aromatic rings. The largest absolute Gasteiger partial charge is 0.354 e. The van der Waals surface area contributed by atoms with Crippen LogP contribution >= 0.6 is 27.3 Å². The van der Waals surface area contributed by atoms with Crippen molar-refractivity contribution in [1.29, 1.82) is 0 Å². The van der Waals surface area contributed by atoms with Crippen LogP contribution in [0.2, 0.25) is 0 Å². The van der Waals surface area contributed by atoms with Gasteiger partial charge in [0.25, 0.3) is 0 Å². The molecule has 0 saturated heterocycles. The third-order valence-corrected chi connectivity index (χ3v) is 3.78. The molecule has 1 N–H and O–H groups in total. The topological polar surface area (TPSA) is 37.8 Å². The first-order valence-electron chi connectivity index (χ1n) is 5.02. The van der Waals surface area contributed by atoms with Crippen LogP contribution < -0.4 is 5.32 Å². The normalized spacial score (nSPS) is 10.4. The van der Waals surface area contributed by atoms with Gasteiger partial charge < -0.3 is 5.32 Å². The van der Waals surface area contributed by atoms with E-state index >= 15 is 0 Å². The lowest BCUT2D eigenvalue weighted by atomic mass is 10.2. The van der Waals surface area contributed by atoms with E-state index in [4.69, 9.17) is 0 Å². The van der Waals surface area contributed by atoms with Crippen LogP contribution in [0.4, 0.5) is 5.95 Å². The minimum absolute atomic E-state index is 0.690. The van der Waals surface area contributed by atoms with Gasteiger partial charge in [-0.25, -0.2) is 9.97 Å². The number of anilines is 1. The summed E-state index contributed by atoms with van der Waals surface area (Å²) >= 11 is 5.18. The Morgan fingerprint density at radius 2 is 2.19 bits per heavy atom. The Kier molecular flexibility index (Phi) is 3.56. The number of hydrogen-bond donors (Lipinski definition) is 1. The Morgan fingerprint density at radius 1 is 1.38 bits per heavy atom. The molecule has 0 spiro atoms. The monoisotopic (exact) mass is 297 g/mol. The lowest BCUT2D eigenvalue weighted by Gasteiger charge is -2.05. The summed E-state index contributed by atoms with van der Waals surface area (Å²) in [5.41, 5.74) is 3.05. The summed E-state index contributed by atoms with van der Waals surface area (Å²) in [6.07, 6.45) is 0. The molecule has 0 atom stereocenters. The Bertz CT molecular complexity index is 496. The molecule has 0 amide bonds. The summed E-state index contributed by atoms with van der Waals surface area (Å²) < 4.78 is 1.08. The molecule has 0 bridgehead atoms. The van der Waals surface area contributed by atoms with Gasteiger partial charge in [0.15, 0.2) is 0 Å². The molecule has 0 unspecified atom stereocenters. The standard InChI is InChI=1S/C11H12BrN3S/c1-3-13-11-14-7(2)4-10(15-11)8-5-16-6-9(8)12/h4-6H,3H2,1-2H3,(H,13,14,15). The highest BCUT2D eigenvalue weighted by molar-refractivity contribution is 9.10. The van der Waals surface area contributed by atoms with E-state index in [1.165, 1.54) is 0 Å². The van der Waals surface area contributed by atoms with Gasteiger partial charge in [0.05, 0.1) is 5.69 Å². The maximum atomic E-state index is 4.48. The Balaban J connectivity index is 2.45.